The van der Waals surface area contributed by atoms with E-state index in [4.69, 9.17) is 5.73 Å². The van der Waals surface area contributed by atoms with Crippen molar-refractivity contribution in [3.8, 4) is 0 Å². The highest BCUT2D eigenvalue weighted by Crippen LogP contribution is 2.42. The number of carbonyl (C=O) groups is 1. The van der Waals surface area contributed by atoms with Gasteiger partial charge >= 0.3 is 0 Å². The second kappa shape index (κ2) is 10.0. The zero-order valence-corrected chi connectivity index (χ0v) is 19.0. The van der Waals surface area contributed by atoms with E-state index in [2.05, 4.69) is 39.6 Å². The highest BCUT2D eigenvalue weighted by Gasteiger charge is 2.40. The average Bonchev–Trinajstić information content (AvgIpc) is 3.20. The molecule has 5 rings (SSSR count). The Hall–Kier alpha value is -2.08. The van der Waals surface area contributed by atoms with Gasteiger partial charge in [0.05, 0.1) is 23.4 Å². The van der Waals surface area contributed by atoms with Gasteiger partial charge in [-0.2, -0.15) is 0 Å². The molecule has 31 heavy (non-hydrogen) atoms. The highest BCUT2D eigenvalue weighted by molar-refractivity contribution is 5.85. The third-order valence-electron chi connectivity index (χ3n) is 6.98. The van der Waals surface area contributed by atoms with E-state index < -0.39 is 0 Å². The van der Waals surface area contributed by atoms with Gasteiger partial charge in [-0.05, 0) is 60.8 Å². The van der Waals surface area contributed by atoms with Crippen LogP contribution in [0.25, 0.3) is 11.0 Å². The number of imidazole rings is 1. The SMILES string of the molecule is Cl.Cl.NC1C2CCCC1CC(C(=O)NC(c1ccccc1)c1ccc3nc[nH]c3c1)C2. The summed E-state index contributed by atoms with van der Waals surface area (Å²) in [4.78, 5) is 20.8. The third kappa shape index (κ3) is 4.74. The van der Waals surface area contributed by atoms with Crippen LogP contribution in [0.5, 0.6) is 0 Å². The largest absolute Gasteiger partial charge is 0.345 e. The van der Waals surface area contributed by atoms with Crippen LogP contribution in [-0.2, 0) is 4.79 Å². The van der Waals surface area contributed by atoms with Crippen molar-refractivity contribution in [1.29, 1.82) is 0 Å². The maximum atomic E-state index is 13.3. The maximum Gasteiger partial charge on any atom is 0.223 e. The number of hydrogen-bond acceptors (Lipinski definition) is 3. The van der Waals surface area contributed by atoms with Gasteiger partial charge in [-0.15, -0.1) is 24.8 Å². The van der Waals surface area contributed by atoms with Crippen LogP contribution in [0.4, 0.5) is 0 Å². The number of carbonyl (C=O) groups excluding carboxylic acids is 1. The average molecular weight is 461 g/mol. The first-order valence-electron chi connectivity index (χ1n) is 10.7. The fourth-order valence-corrected chi connectivity index (χ4v) is 5.40. The molecule has 3 unspecified atom stereocenters. The normalized spacial score (nSPS) is 25.7. The van der Waals surface area contributed by atoms with E-state index in [0.29, 0.717) is 11.8 Å². The molecule has 1 heterocycles. The Balaban J connectivity index is 0.00000136. The Bertz CT molecular complexity index is 995. The molecule has 0 radical (unpaired) electrons. The van der Waals surface area contributed by atoms with Crippen molar-refractivity contribution in [2.24, 2.45) is 23.5 Å². The lowest BCUT2D eigenvalue weighted by Gasteiger charge is -2.43. The van der Waals surface area contributed by atoms with Crippen molar-refractivity contribution in [2.75, 3.05) is 0 Å². The monoisotopic (exact) mass is 460 g/mol. The van der Waals surface area contributed by atoms with Crippen molar-refractivity contribution in [1.82, 2.24) is 15.3 Å². The minimum absolute atomic E-state index is 0. The molecule has 2 bridgehead atoms. The van der Waals surface area contributed by atoms with Crippen LogP contribution in [0.15, 0.2) is 54.9 Å². The Morgan fingerprint density at radius 1 is 1.03 bits per heavy atom. The third-order valence-corrected chi connectivity index (χ3v) is 6.98. The summed E-state index contributed by atoms with van der Waals surface area (Å²) in [5, 5.41) is 3.37. The summed E-state index contributed by atoms with van der Waals surface area (Å²) in [6.07, 6.45) is 7.14. The van der Waals surface area contributed by atoms with Crippen molar-refractivity contribution in [2.45, 2.75) is 44.2 Å². The standard InChI is InChI=1S/C24H28N4O.2ClH/c25-22-16-7-4-8-17(22)12-19(11-16)24(29)28-23(15-5-2-1-3-6-15)18-9-10-20-21(13-18)27-14-26-20;;/h1-3,5-6,9-10,13-14,16-17,19,22-23H,4,7-8,11-12,25H2,(H,26,27)(H,28,29);2*1H. The fraction of sp³-hybridized carbons (Fsp3) is 0.417. The van der Waals surface area contributed by atoms with Crippen LogP contribution in [0.3, 0.4) is 0 Å². The first-order chi connectivity index (χ1) is 14.2. The smallest absolute Gasteiger partial charge is 0.223 e. The Labute approximate surface area is 195 Å². The summed E-state index contributed by atoms with van der Waals surface area (Å²) in [7, 11) is 0. The number of nitrogens with one attached hydrogen (secondary N) is 2. The lowest BCUT2D eigenvalue weighted by molar-refractivity contribution is -0.128. The first-order valence-corrected chi connectivity index (χ1v) is 10.7. The highest BCUT2D eigenvalue weighted by atomic mass is 35.5. The molecule has 1 aromatic heterocycles. The molecule has 3 aromatic rings. The fourth-order valence-electron chi connectivity index (χ4n) is 5.40. The minimum atomic E-state index is -0.174. The predicted molar refractivity (Wildman–Crippen MR) is 129 cm³/mol. The second-order valence-electron chi connectivity index (χ2n) is 8.73. The van der Waals surface area contributed by atoms with Crippen LogP contribution >= 0.6 is 24.8 Å². The van der Waals surface area contributed by atoms with Gasteiger partial charge in [0.25, 0.3) is 0 Å². The molecule has 2 fully saturated rings. The summed E-state index contributed by atoms with van der Waals surface area (Å²) in [6.45, 7) is 0. The number of aromatic nitrogens is 2. The number of nitrogens with zero attached hydrogens (tertiary/aromatic N) is 1. The van der Waals surface area contributed by atoms with E-state index in [1.807, 2.05) is 24.3 Å². The van der Waals surface area contributed by atoms with Gasteiger partial charge in [0, 0.05) is 12.0 Å². The molecule has 2 saturated carbocycles. The Morgan fingerprint density at radius 2 is 1.74 bits per heavy atom. The van der Waals surface area contributed by atoms with E-state index in [0.717, 1.165) is 35.0 Å². The lowest BCUT2D eigenvalue weighted by Crippen LogP contribution is -2.49. The number of nitrogens with two attached hydrogens (primary N) is 1. The van der Waals surface area contributed by atoms with Crippen LogP contribution in [0, 0.1) is 17.8 Å². The van der Waals surface area contributed by atoms with Crippen LogP contribution in [0.1, 0.15) is 49.3 Å². The molecular weight excluding hydrogens is 431 g/mol. The quantitative estimate of drug-likeness (QED) is 0.524. The summed E-state index contributed by atoms with van der Waals surface area (Å²) in [5.74, 6) is 1.21. The maximum absolute atomic E-state index is 13.3. The number of aromatic amines is 1. The van der Waals surface area contributed by atoms with Gasteiger partial charge < -0.3 is 16.0 Å². The Morgan fingerprint density at radius 3 is 2.45 bits per heavy atom. The number of fused-ring (bicyclic) bond motifs is 3. The van der Waals surface area contributed by atoms with Gasteiger partial charge in [0.15, 0.2) is 0 Å². The number of H-pyrrole nitrogens is 1. The molecule has 2 aromatic carbocycles. The lowest BCUT2D eigenvalue weighted by atomic mass is 9.65. The summed E-state index contributed by atoms with van der Waals surface area (Å²) < 4.78 is 0. The van der Waals surface area contributed by atoms with Gasteiger partial charge in [-0.25, -0.2) is 4.98 Å². The molecule has 0 saturated heterocycles. The van der Waals surface area contributed by atoms with E-state index in [-0.39, 0.29) is 48.7 Å². The molecule has 0 aliphatic heterocycles. The molecule has 2 aliphatic carbocycles. The van der Waals surface area contributed by atoms with Crippen molar-refractivity contribution >= 4 is 41.8 Å². The first kappa shape index (κ1) is 23.6. The van der Waals surface area contributed by atoms with Crippen molar-refractivity contribution < 1.29 is 4.79 Å². The van der Waals surface area contributed by atoms with Crippen LogP contribution in [-0.4, -0.2) is 21.9 Å². The van der Waals surface area contributed by atoms with E-state index in [1.54, 1.807) is 6.33 Å². The minimum Gasteiger partial charge on any atom is -0.345 e. The van der Waals surface area contributed by atoms with E-state index in [1.165, 1.54) is 19.3 Å². The van der Waals surface area contributed by atoms with E-state index >= 15 is 0 Å². The van der Waals surface area contributed by atoms with Gasteiger partial charge in [0.1, 0.15) is 0 Å². The number of rotatable bonds is 4. The molecule has 5 nitrogen and oxygen atoms in total. The number of hydrogen-bond donors (Lipinski definition) is 3. The second-order valence-corrected chi connectivity index (χ2v) is 8.73. The number of amides is 1. The predicted octanol–water partition coefficient (Wildman–Crippen LogP) is 4.77. The molecule has 4 N–H and O–H groups in total. The molecule has 2 aliphatic rings. The topological polar surface area (TPSA) is 83.8 Å². The van der Waals surface area contributed by atoms with Gasteiger partial charge in [-0.3, -0.25) is 4.79 Å². The number of benzene rings is 2. The van der Waals surface area contributed by atoms with Crippen molar-refractivity contribution in [3.05, 3.63) is 66.0 Å². The molecule has 0 spiro atoms. The summed E-state index contributed by atoms with van der Waals surface area (Å²) in [5.41, 5.74) is 10.5. The molecule has 1 amide bonds. The number of halogens is 2. The molecule has 166 valence electrons. The summed E-state index contributed by atoms with van der Waals surface area (Å²) in [6, 6.07) is 16.5. The van der Waals surface area contributed by atoms with Gasteiger partial charge in [0.2, 0.25) is 5.91 Å². The van der Waals surface area contributed by atoms with Crippen LogP contribution < -0.4 is 11.1 Å². The van der Waals surface area contributed by atoms with Crippen LogP contribution in [0.2, 0.25) is 0 Å². The zero-order chi connectivity index (χ0) is 19.8. The molecule has 3 atom stereocenters. The zero-order valence-electron chi connectivity index (χ0n) is 17.4. The Kier molecular flexibility index (Phi) is 7.63. The molecule has 7 heteroatoms. The van der Waals surface area contributed by atoms with Gasteiger partial charge in [-0.1, -0.05) is 42.8 Å². The van der Waals surface area contributed by atoms with E-state index in [9.17, 15) is 4.79 Å². The van der Waals surface area contributed by atoms with Crippen molar-refractivity contribution in [3.63, 3.8) is 0 Å². The summed E-state index contributed by atoms with van der Waals surface area (Å²) >= 11 is 0. The molecular formula is C24H30Cl2N4O.